The van der Waals surface area contributed by atoms with Crippen molar-refractivity contribution in [2.45, 2.75) is 19.3 Å². The van der Waals surface area contributed by atoms with Gasteiger partial charge in [0.15, 0.2) is 0 Å². The van der Waals surface area contributed by atoms with Crippen LogP contribution in [0.25, 0.3) is 0 Å². The van der Waals surface area contributed by atoms with E-state index in [1.165, 1.54) is 35.5 Å². The van der Waals surface area contributed by atoms with Crippen LogP contribution in [0.15, 0.2) is 60.9 Å². The lowest BCUT2D eigenvalue weighted by molar-refractivity contribution is -0.137. The van der Waals surface area contributed by atoms with Gasteiger partial charge in [-0.15, -0.1) is 0 Å². The van der Waals surface area contributed by atoms with E-state index in [1.807, 2.05) is 4.90 Å². The number of carbonyl (C=O) groups excluding carboxylic acids is 2. The highest BCUT2D eigenvalue weighted by Gasteiger charge is 2.33. The summed E-state index contributed by atoms with van der Waals surface area (Å²) in [6, 6.07) is 10.6. The van der Waals surface area contributed by atoms with Gasteiger partial charge < -0.3 is 19.9 Å². The van der Waals surface area contributed by atoms with Crippen LogP contribution in [0.5, 0.6) is 5.75 Å². The van der Waals surface area contributed by atoms with Gasteiger partial charge in [-0.1, -0.05) is 11.8 Å². The molecule has 43 heavy (non-hydrogen) atoms. The number of hydrogen-bond acceptors (Lipinski definition) is 5. The van der Waals surface area contributed by atoms with Crippen LogP contribution in [0.1, 0.15) is 44.3 Å². The largest absolute Gasteiger partial charge is 0.492 e. The number of pyridine rings is 1. The van der Waals surface area contributed by atoms with Gasteiger partial charge in [-0.25, -0.2) is 0 Å². The van der Waals surface area contributed by atoms with Crippen molar-refractivity contribution in [3.63, 3.8) is 0 Å². The minimum absolute atomic E-state index is 0.0120. The molecule has 0 bridgehead atoms. The maximum Gasteiger partial charge on any atom is 0.416 e. The average Bonchev–Trinajstić information content (AvgIpc) is 2.98. The van der Waals surface area contributed by atoms with Crippen molar-refractivity contribution in [3.05, 3.63) is 88.7 Å². The van der Waals surface area contributed by atoms with Crippen LogP contribution in [-0.4, -0.2) is 67.2 Å². The first-order valence-corrected chi connectivity index (χ1v) is 13.1. The van der Waals surface area contributed by atoms with Gasteiger partial charge in [0, 0.05) is 60.3 Å². The SMILES string of the molecule is CCOc1cncc(C#Cc2cc(C(=O)N3CCN(c4ccc(C(=O)NCC(F)(F)F)cc4)CC3)cc(C(F)(F)F)c2)c1. The Kier molecular flexibility index (Phi) is 9.48. The summed E-state index contributed by atoms with van der Waals surface area (Å²) in [4.78, 5) is 32.5. The van der Waals surface area contributed by atoms with Crippen LogP contribution in [0.4, 0.5) is 32.0 Å². The Labute approximate surface area is 243 Å². The van der Waals surface area contributed by atoms with Crippen molar-refractivity contribution in [2.24, 2.45) is 0 Å². The molecule has 1 fully saturated rings. The number of nitrogens with zero attached hydrogens (tertiary/aromatic N) is 3. The lowest BCUT2D eigenvalue weighted by Crippen LogP contribution is -2.48. The molecule has 1 aromatic heterocycles. The molecule has 7 nitrogen and oxygen atoms in total. The minimum atomic E-state index is -4.70. The predicted octanol–water partition coefficient (Wildman–Crippen LogP) is 5.15. The Morgan fingerprint density at radius 3 is 2.19 bits per heavy atom. The van der Waals surface area contributed by atoms with Gasteiger partial charge in [0.2, 0.25) is 0 Å². The third kappa shape index (κ3) is 8.64. The van der Waals surface area contributed by atoms with Crippen molar-refractivity contribution >= 4 is 17.5 Å². The summed E-state index contributed by atoms with van der Waals surface area (Å²) < 4.78 is 83.5. The Bertz CT molecular complexity index is 1520. The molecule has 0 aliphatic carbocycles. The smallest absolute Gasteiger partial charge is 0.416 e. The highest BCUT2D eigenvalue weighted by molar-refractivity contribution is 5.95. The summed E-state index contributed by atoms with van der Waals surface area (Å²) in [5, 5.41) is 1.80. The zero-order chi connectivity index (χ0) is 31.2. The standard InChI is InChI=1S/C30H26F6N4O3/c1-2-43-26-15-21(17-37-18-26)4-3-20-13-23(16-24(14-20)30(34,35)36)28(42)40-11-9-39(10-12-40)25-7-5-22(6-8-25)27(41)38-19-29(31,32)33/h5-8,13-18H,2,9-12,19H2,1H3,(H,38,41). The Morgan fingerprint density at radius 1 is 0.884 bits per heavy atom. The number of benzene rings is 2. The van der Waals surface area contributed by atoms with Crippen LogP contribution >= 0.6 is 0 Å². The average molecular weight is 605 g/mol. The number of halogens is 6. The molecular weight excluding hydrogens is 578 g/mol. The molecule has 226 valence electrons. The molecule has 2 amide bonds. The van der Waals surface area contributed by atoms with Gasteiger partial charge in [0.05, 0.1) is 18.4 Å². The number of carbonyl (C=O) groups is 2. The molecule has 0 atom stereocenters. The van der Waals surface area contributed by atoms with Crippen LogP contribution < -0.4 is 15.0 Å². The molecule has 13 heteroatoms. The fourth-order valence-electron chi connectivity index (χ4n) is 4.32. The first kappa shape index (κ1) is 31.2. The second-order valence-corrected chi connectivity index (χ2v) is 9.51. The lowest BCUT2D eigenvalue weighted by Gasteiger charge is -2.36. The van der Waals surface area contributed by atoms with E-state index in [2.05, 4.69) is 16.8 Å². The molecular formula is C30H26F6N4O3. The van der Waals surface area contributed by atoms with Gasteiger partial charge in [-0.3, -0.25) is 14.6 Å². The molecule has 0 unspecified atom stereocenters. The zero-order valence-corrected chi connectivity index (χ0v) is 22.9. The molecule has 0 saturated carbocycles. The molecule has 2 heterocycles. The van der Waals surface area contributed by atoms with Crippen LogP contribution in [0, 0.1) is 11.8 Å². The number of piperazine rings is 1. The fourth-order valence-corrected chi connectivity index (χ4v) is 4.32. The molecule has 1 saturated heterocycles. The number of anilines is 1. The van der Waals surface area contributed by atoms with E-state index in [9.17, 15) is 35.9 Å². The number of amides is 2. The zero-order valence-electron chi connectivity index (χ0n) is 22.9. The molecule has 1 aliphatic heterocycles. The minimum Gasteiger partial charge on any atom is -0.492 e. The van der Waals surface area contributed by atoms with E-state index < -0.39 is 36.3 Å². The second-order valence-electron chi connectivity index (χ2n) is 9.51. The summed E-state index contributed by atoms with van der Waals surface area (Å²) >= 11 is 0. The van der Waals surface area contributed by atoms with Crippen molar-refractivity contribution in [1.82, 2.24) is 15.2 Å². The van der Waals surface area contributed by atoms with E-state index in [1.54, 1.807) is 30.4 Å². The van der Waals surface area contributed by atoms with Crippen LogP contribution in [0.3, 0.4) is 0 Å². The number of aromatic nitrogens is 1. The molecule has 1 N–H and O–H groups in total. The number of ether oxygens (including phenoxy) is 1. The summed E-state index contributed by atoms with van der Waals surface area (Å²) in [7, 11) is 0. The predicted molar refractivity (Wildman–Crippen MR) is 146 cm³/mol. The Morgan fingerprint density at radius 2 is 1.56 bits per heavy atom. The first-order chi connectivity index (χ1) is 20.3. The first-order valence-electron chi connectivity index (χ1n) is 13.1. The molecule has 1 aliphatic rings. The normalized spacial score (nSPS) is 13.7. The second kappa shape index (κ2) is 13.1. The van der Waals surface area contributed by atoms with Gasteiger partial charge in [0.1, 0.15) is 12.3 Å². The van der Waals surface area contributed by atoms with Crippen molar-refractivity contribution in [3.8, 4) is 17.6 Å². The van der Waals surface area contributed by atoms with E-state index in [4.69, 9.17) is 4.74 Å². The molecule has 0 spiro atoms. The summed E-state index contributed by atoms with van der Waals surface area (Å²) in [6.07, 6.45) is -6.28. The van der Waals surface area contributed by atoms with Crippen molar-refractivity contribution in [1.29, 1.82) is 0 Å². The van der Waals surface area contributed by atoms with E-state index >= 15 is 0 Å². The number of rotatable bonds is 6. The summed E-state index contributed by atoms with van der Waals surface area (Å²) in [5.41, 5.74) is 0.0349. The molecule has 0 radical (unpaired) electrons. The highest BCUT2D eigenvalue weighted by Crippen LogP contribution is 2.31. The molecule has 4 rings (SSSR count). The summed E-state index contributed by atoms with van der Waals surface area (Å²) in [5.74, 6) is 4.48. The van der Waals surface area contributed by atoms with E-state index in [0.717, 1.165) is 12.1 Å². The van der Waals surface area contributed by atoms with Crippen LogP contribution in [-0.2, 0) is 6.18 Å². The number of hydrogen-bond donors (Lipinski definition) is 1. The topological polar surface area (TPSA) is 74.8 Å². The maximum absolute atomic E-state index is 13.7. The third-order valence-corrected chi connectivity index (χ3v) is 6.39. The maximum atomic E-state index is 13.7. The van der Waals surface area contributed by atoms with Crippen molar-refractivity contribution < 1.29 is 40.7 Å². The van der Waals surface area contributed by atoms with Gasteiger partial charge >= 0.3 is 12.4 Å². The third-order valence-electron chi connectivity index (χ3n) is 6.39. The number of alkyl halides is 6. The lowest BCUT2D eigenvalue weighted by atomic mass is 10.0. The van der Waals surface area contributed by atoms with Crippen molar-refractivity contribution in [2.75, 3.05) is 44.2 Å². The van der Waals surface area contributed by atoms with Gasteiger partial charge in [-0.2, -0.15) is 26.3 Å². The summed E-state index contributed by atoms with van der Waals surface area (Å²) in [6.45, 7) is 1.88. The molecule has 3 aromatic rings. The highest BCUT2D eigenvalue weighted by atomic mass is 19.4. The van der Waals surface area contributed by atoms with Gasteiger partial charge in [0.25, 0.3) is 11.8 Å². The Balaban J connectivity index is 1.45. The molecule has 2 aromatic carbocycles. The van der Waals surface area contributed by atoms with Crippen LogP contribution in [0.2, 0.25) is 0 Å². The van der Waals surface area contributed by atoms with E-state index in [-0.39, 0.29) is 29.8 Å². The Hall–Kier alpha value is -4.73. The number of nitrogens with one attached hydrogen (secondary N) is 1. The monoisotopic (exact) mass is 604 g/mol. The quantitative estimate of drug-likeness (QED) is 0.311. The van der Waals surface area contributed by atoms with Gasteiger partial charge in [-0.05, 0) is 55.5 Å². The fraction of sp³-hybridized carbons (Fsp3) is 0.300. The van der Waals surface area contributed by atoms with E-state index in [0.29, 0.717) is 36.7 Å².